The Morgan fingerprint density at radius 3 is 2.50 bits per heavy atom. The van der Waals surface area contributed by atoms with Gasteiger partial charge in [-0.2, -0.15) is 0 Å². The van der Waals surface area contributed by atoms with Crippen molar-refractivity contribution in [3.63, 3.8) is 0 Å². The van der Waals surface area contributed by atoms with Crippen LogP contribution in [0.4, 0.5) is 0 Å². The van der Waals surface area contributed by atoms with E-state index in [9.17, 15) is 9.59 Å². The Kier molecular flexibility index (Phi) is 7.95. The molecule has 40 heavy (non-hydrogen) atoms. The van der Waals surface area contributed by atoms with E-state index in [0.717, 1.165) is 33.5 Å². The van der Waals surface area contributed by atoms with Gasteiger partial charge in [-0.1, -0.05) is 30.3 Å². The maximum absolute atomic E-state index is 13.3. The van der Waals surface area contributed by atoms with Crippen LogP contribution in [0.25, 0.3) is 10.9 Å². The third-order valence-electron chi connectivity index (χ3n) is 7.07. The highest BCUT2D eigenvalue weighted by Gasteiger charge is 2.43. The second-order valence-corrected chi connectivity index (χ2v) is 9.98. The van der Waals surface area contributed by atoms with Crippen LogP contribution in [0.15, 0.2) is 78.9 Å². The van der Waals surface area contributed by atoms with Crippen molar-refractivity contribution in [3.05, 3.63) is 101 Å². The molecule has 2 atom stereocenters. The van der Waals surface area contributed by atoms with Gasteiger partial charge in [0.2, 0.25) is 5.91 Å². The number of carbonyl (C=O) groups is 2. The Bertz CT molecular complexity index is 1510. The molecule has 1 saturated heterocycles. The summed E-state index contributed by atoms with van der Waals surface area (Å²) < 4.78 is 17.2. The number of hydrogen-bond acceptors (Lipinski definition) is 7. The van der Waals surface area contributed by atoms with E-state index >= 15 is 0 Å². The van der Waals surface area contributed by atoms with Crippen molar-refractivity contribution in [2.45, 2.75) is 38.0 Å². The molecule has 9 heteroatoms. The number of benzene rings is 3. The van der Waals surface area contributed by atoms with E-state index < -0.39 is 11.4 Å². The molecule has 3 aromatic carbocycles. The molecular formula is C31H31N3O6. The minimum absolute atomic E-state index is 0.114. The second-order valence-electron chi connectivity index (χ2n) is 9.98. The highest BCUT2D eigenvalue weighted by atomic mass is 16.5. The summed E-state index contributed by atoms with van der Waals surface area (Å²) in [6, 6.07) is 24.2. The van der Waals surface area contributed by atoms with Crippen LogP contribution < -0.4 is 20.3 Å². The van der Waals surface area contributed by atoms with E-state index in [1.165, 1.54) is 0 Å². The lowest BCUT2D eigenvalue weighted by atomic mass is 9.89. The zero-order valence-electron chi connectivity index (χ0n) is 22.3. The SMILES string of the molecule is COc1ccc(C2CC(CC(=O)NO)(NC(=O)c3ccc(OCc4cc(C)nc5ccccc45)cc3)CO2)cc1. The molecule has 2 unspecified atom stereocenters. The van der Waals surface area contributed by atoms with Gasteiger partial charge in [0, 0.05) is 28.6 Å². The van der Waals surface area contributed by atoms with Crippen LogP contribution in [0.5, 0.6) is 11.5 Å². The van der Waals surface area contributed by atoms with E-state index in [1.54, 1.807) is 36.9 Å². The first-order valence-electron chi connectivity index (χ1n) is 13.0. The molecular weight excluding hydrogens is 510 g/mol. The summed E-state index contributed by atoms with van der Waals surface area (Å²) in [5, 5.41) is 13.2. The molecule has 2 amide bonds. The molecule has 206 valence electrons. The van der Waals surface area contributed by atoms with Gasteiger partial charge in [-0.15, -0.1) is 0 Å². The third-order valence-corrected chi connectivity index (χ3v) is 7.07. The molecule has 0 radical (unpaired) electrons. The van der Waals surface area contributed by atoms with Gasteiger partial charge in [0.25, 0.3) is 5.91 Å². The van der Waals surface area contributed by atoms with Crippen molar-refractivity contribution in [3.8, 4) is 11.5 Å². The Hall–Kier alpha value is -4.47. The number of nitrogens with zero attached hydrogens (tertiary/aromatic N) is 1. The molecule has 2 heterocycles. The fourth-order valence-corrected chi connectivity index (χ4v) is 5.06. The number of nitrogens with one attached hydrogen (secondary N) is 2. The number of fused-ring (bicyclic) bond motifs is 1. The number of hydrogen-bond donors (Lipinski definition) is 3. The molecule has 1 aliphatic rings. The van der Waals surface area contributed by atoms with Gasteiger partial charge in [0.1, 0.15) is 18.1 Å². The Morgan fingerprint density at radius 2 is 1.77 bits per heavy atom. The predicted octanol–water partition coefficient (Wildman–Crippen LogP) is 4.66. The van der Waals surface area contributed by atoms with Crippen LogP contribution in [-0.2, 0) is 16.1 Å². The van der Waals surface area contributed by atoms with Gasteiger partial charge in [0.15, 0.2) is 0 Å². The first-order valence-corrected chi connectivity index (χ1v) is 13.0. The summed E-state index contributed by atoms with van der Waals surface area (Å²) in [7, 11) is 1.59. The molecule has 5 rings (SSSR count). The van der Waals surface area contributed by atoms with Crippen LogP contribution in [0.1, 0.15) is 46.1 Å². The topological polar surface area (TPSA) is 119 Å². The monoisotopic (exact) mass is 541 g/mol. The summed E-state index contributed by atoms with van der Waals surface area (Å²) in [4.78, 5) is 30.0. The fourth-order valence-electron chi connectivity index (χ4n) is 5.06. The normalized spacial score (nSPS) is 18.3. The van der Waals surface area contributed by atoms with Crippen LogP contribution in [0.3, 0.4) is 0 Å². The van der Waals surface area contributed by atoms with E-state index in [2.05, 4.69) is 10.3 Å². The molecule has 9 nitrogen and oxygen atoms in total. The number of carbonyl (C=O) groups excluding carboxylic acids is 2. The van der Waals surface area contributed by atoms with Crippen molar-refractivity contribution >= 4 is 22.7 Å². The van der Waals surface area contributed by atoms with E-state index in [0.29, 0.717) is 24.3 Å². The molecule has 0 aliphatic carbocycles. The molecule has 1 aromatic heterocycles. The number of rotatable bonds is 9. The zero-order valence-corrected chi connectivity index (χ0v) is 22.3. The van der Waals surface area contributed by atoms with Crippen molar-refractivity contribution in [1.29, 1.82) is 0 Å². The lowest BCUT2D eigenvalue weighted by Crippen LogP contribution is -2.51. The number of methoxy groups -OCH3 is 1. The van der Waals surface area contributed by atoms with E-state index in [4.69, 9.17) is 19.4 Å². The van der Waals surface area contributed by atoms with Gasteiger partial charge in [-0.05, 0) is 61.0 Å². The van der Waals surface area contributed by atoms with Crippen LogP contribution in [0.2, 0.25) is 0 Å². The van der Waals surface area contributed by atoms with Crippen LogP contribution in [0, 0.1) is 6.92 Å². The zero-order chi connectivity index (χ0) is 28.1. The van der Waals surface area contributed by atoms with Gasteiger partial charge in [-0.25, -0.2) is 5.48 Å². The Balaban J connectivity index is 1.26. The van der Waals surface area contributed by atoms with Crippen LogP contribution in [-0.4, -0.2) is 41.3 Å². The van der Waals surface area contributed by atoms with Gasteiger partial charge >= 0.3 is 0 Å². The minimum atomic E-state index is -0.996. The minimum Gasteiger partial charge on any atom is -0.497 e. The fraction of sp³-hybridized carbons (Fsp3) is 0.258. The Morgan fingerprint density at radius 1 is 1.05 bits per heavy atom. The van der Waals surface area contributed by atoms with Crippen molar-refractivity contribution in [2.24, 2.45) is 0 Å². The lowest BCUT2D eigenvalue weighted by molar-refractivity contribution is -0.130. The number of ether oxygens (including phenoxy) is 3. The summed E-state index contributed by atoms with van der Waals surface area (Å²) >= 11 is 0. The lowest BCUT2D eigenvalue weighted by Gasteiger charge is -2.28. The molecule has 0 bridgehead atoms. The maximum Gasteiger partial charge on any atom is 0.251 e. The number of aromatic nitrogens is 1. The largest absolute Gasteiger partial charge is 0.497 e. The Labute approximate surface area is 232 Å². The number of amides is 2. The average Bonchev–Trinajstić information content (AvgIpc) is 3.39. The number of hydroxylamine groups is 1. The average molecular weight is 542 g/mol. The first-order chi connectivity index (χ1) is 19.4. The standard InChI is InChI=1S/C31H31N3O6/c1-20-15-23(26-5-3-4-6-27(26)32-20)18-39-25-13-9-22(10-14-25)30(36)33-31(17-29(35)34-37)16-28(40-19-31)21-7-11-24(38-2)12-8-21/h3-15,28,37H,16-19H2,1-2H3,(H,33,36)(H,34,35). The highest BCUT2D eigenvalue weighted by molar-refractivity contribution is 5.95. The van der Waals surface area contributed by atoms with E-state index in [-0.39, 0.29) is 25.0 Å². The van der Waals surface area contributed by atoms with Crippen LogP contribution >= 0.6 is 0 Å². The van der Waals surface area contributed by atoms with Crippen molar-refractivity contribution < 1.29 is 29.0 Å². The van der Waals surface area contributed by atoms with Gasteiger partial charge in [0.05, 0.1) is 37.3 Å². The number of aryl methyl sites for hydroxylation is 1. The molecule has 1 aliphatic heterocycles. The van der Waals surface area contributed by atoms with Gasteiger partial charge < -0.3 is 19.5 Å². The number of para-hydroxylation sites is 1. The summed E-state index contributed by atoms with van der Waals surface area (Å²) in [6.07, 6.45) is -0.108. The second kappa shape index (κ2) is 11.7. The molecule has 3 N–H and O–H groups in total. The quantitative estimate of drug-likeness (QED) is 0.208. The molecule has 1 fully saturated rings. The van der Waals surface area contributed by atoms with Crippen molar-refractivity contribution in [2.75, 3.05) is 13.7 Å². The molecule has 0 spiro atoms. The van der Waals surface area contributed by atoms with E-state index in [1.807, 2.05) is 61.5 Å². The summed E-state index contributed by atoms with van der Waals surface area (Å²) in [5.41, 5.74) is 4.85. The highest BCUT2D eigenvalue weighted by Crippen LogP contribution is 2.38. The predicted molar refractivity (Wildman–Crippen MR) is 148 cm³/mol. The summed E-state index contributed by atoms with van der Waals surface area (Å²) in [5.74, 6) is 0.375. The maximum atomic E-state index is 13.3. The molecule has 4 aromatic rings. The van der Waals surface area contributed by atoms with Crippen molar-refractivity contribution in [1.82, 2.24) is 15.8 Å². The third kappa shape index (κ3) is 6.06. The summed E-state index contributed by atoms with van der Waals surface area (Å²) in [6.45, 7) is 2.43. The first kappa shape index (κ1) is 27.1. The number of pyridine rings is 1. The van der Waals surface area contributed by atoms with Gasteiger partial charge in [-0.3, -0.25) is 19.8 Å². The molecule has 0 saturated carbocycles. The smallest absolute Gasteiger partial charge is 0.251 e.